The van der Waals surface area contributed by atoms with Crippen molar-refractivity contribution in [2.45, 2.75) is 18.8 Å². The zero-order valence-corrected chi connectivity index (χ0v) is 15.4. The average molecular weight is 388 g/mol. The molecule has 7 heteroatoms. The van der Waals surface area contributed by atoms with Crippen LogP contribution in [0.1, 0.15) is 24.6 Å². The van der Waals surface area contributed by atoms with Crippen molar-refractivity contribution in [3.05, 3.63) is 59.1 Å². The minimum absolute atomic E-state index is 0.115. The number of benzene rings is 2. The highest BCUT2D eigenvalue weighted by atomic mass is 35.5. The first-order chi connectivity index (χ1) is 13.1. The van der Waals surface area contributed by atoms with E-state index in [9.17, 15) is 9.18 Å². The van der Waals surface area contributed by atoms with Gasteiger partial charge in [0, 0.05) is 19.0 Å². The Morgan fingerprint density at radius 3 is 3.00 bits per heavy atom. The largest absolute Gasteiger partial charge is 0.482 e. The number of ether oxygens (including phenoxy) is 1. The first-order valence-electron chi connectivity index (χ1n) is 8.90. The van der Waals surface area contributed by atoms with Crippen LogP contribution in [0.4, 0.5) is 4.39 Å². The standard InChI is InChI=1S/C20H19ClFN3O2/c21-15-10-14(22)7-8-18(15)27-12-19(26)25-9-3-4-13(11-25)20-23-16-5-1-2-6-17(16)24-20/h1-2,5-8,10,13H,3-4,9,11-12H2,(H,23,24)/t13-/m1/s1. The molecule has 1 atom stereocenters. The molecule has 0 unspecified atom stereocenters. The summed E-state index contributed by atoms with van der Waals surface area (Å²) < 4.78 is 18.6. The summed E-state index contributed by atoms with van der Waals surface area (Å²) in [6.45, 7) is 1.16. The van der Waals surface area contributed by atoms with Crippen LogP contribution in [0.25, 0.3) is 11.0 Å². The molecular weight excluding hydrogens is 369 g/mol. The summed E-state index contributed by atoms with van der Waals surface area (Å²) >= 11 is 5.94. The number of hydrogen-bond acceptors (Lipinski definition) is 3. The number of carbonyl (C=O) groups excluding carboxylic acids is 1. The summed E-state index contributed by atoms with van der Waals surface area (Å²) in [6, 6.07) is 11.8. The topological polar surface area (TPSA) is 58.2 Å². The van der Waals surface area contributed by atoms with Crippen LogP contribution in [0.15, 0.2) is 42.5 Å². The first kappa shape index (κ1) is 17.8. The van der Waals surface area contributed by atoms with Crippen molar-refractivity contribution < 1.29 is 13.9 Å². The number of piperidine rings is 1. The lowest BCUT2D eigenvalue weighted by atomic mass is 9.97. The zero-order chi connectivity index (χ0) is 18.8. The molecule has 1 aliphatic heterocycles. The quantitative estimate of drug-likeness (QED) is 0.732. The van der Waals surface area contributed by atoms with Crippen LogP contribution in [0, 0.1) is 5.82 Å². The maximum atomic E-state index is 13.1. The van der Waals surface area contributed by atoms with Crippen molar-refractivity contribution in [2.24, 2.45) is 0 Å². The molecule has 0 bridgehead atoms. The minimum Gasteiger partial charge on any atom is -0.482 e. The Kier molecular flexibility index (Phi) is 4.99. The van der Waals surface area contributed by atoms with Gasteiger partial charge in [0.2, 0.25) is 0 Å². The molecule has 0 spiro atoms. The lowest BCUT2D eigenvalue weighted by molar-refractivity contribution is -0.134. The number of aromatic amines is 1. The van der Waals surface area contributed by atoms with Crippen LogP contribution in [-0.4, -0.2) is 40.5 Å². The maximum Gasteiger partial charge on any atom is 0.260 e. The zero-order valence-electron chi connectivity index (χ0n) is 14.6. The van der Waals surface area contributed by atoms with Gasteiger partial charge < -0.3 is 14.6 Å². The lowest BCUT2D eigenvalue weighted by Gasteiger charge is -2.31. The van der Waals surface area contributed by atoms with Gasteiger partial charge in [0.15, 0.2) is 6.61 Å². The first-order valence-corrected chi connectivity index (χ1v) is 9.28. The second kappa shape index (κ2) is 7.56. The number of carbonyl (C=O) groups is 1. The number of imidazole rings is 1. The molecule has 3 aromatic rings. The number of halogens is 2. The summed E-state index contributed by atoms with van der Waals surface area (Å²) in [7, 11) is 0. The number of H-pyrrole nitrogens is 1. The molecule has 1 aliphatic rings. The van der Waals surface area contributed by atoms with E-state index in [4.69, 9.17) is 16.3 Å². The summed E-state index contributed by atoms with van der Waals surface area (Å²) in [4.78, 5) is 22.4. The van der Waals surface area contributed by atoms with Gasteiger partial charge >= 0.3 is 0 Å². The molecule has 2 heterocycles. The van der Waals surface area contributed by atoms with Crippen molar-refractivity contribution in [3.8, 4) is 5.75 Å². The van der Waals surface area contributed by atoms with Gasteiger partial charge in [-0.15, -0.1) is 0 Å². The van der Waals surface area contributed by atoms with Gasteiger partial charge in [-0.05, 0) is 43.2 Å². The van der Waals surface area contributed by atoms with Crippen LogP contribution < -0.4 is 4.74 Å². The van der Waals surface area contributed by atoms with Crippen LogP contribution in [-0.2, 0) is 4.79 Å². The summed E-state index contributed by atoms with van der Waals surface area (Å²) in [5.41, 5.74) is 1.94. The third-order valence-electron chi connectivity index (χ3n) is 4.81. The Balaban J connectivity index is 1.40. The molecule has 1 amide bonds. The average Bonchev–Trinajstić information content (AvgIpc) is 3.11. The highest BCUT2D eigenvalue weighted by molar-refractivity contribution is 6.32. The molecule has 1 saturated heterocycles. The monoisotopic (exact) mass is 387 g/mol. The van der Waals surface area contributed by atoms with Crippen molar-refractivity contribution in [2.75, 3.05) is 19.7 Å². The Labute approximate surface area is 161 Å². The van der Waals surface area contributed by atoms with Crippen molar-refractivity contribution in [3.63, 3.8) is 0 Å². The van der Waals surface area contributed by atoms with Gasteiger partial charge in [-0.2, -0.15) is 0 Å². The Hall–Kier alpha value is -2.60. The minimum atomic E-state index is -0.441. The predicted molar refractivity (Wildman–Crippen MR) is 102 cm³/mol. The third kappa shape index (κ3) is 3.90. The van der Waals surface area contributed by atoms with Gasteiger partial charge in [-0.3, -0.25) is 4.79 Å². The molecule has 0 aliphatic carbocycles. The molecule has 4 rings (SSSR count). The van der Waals surface area contributed by atoms with E-state index in [1.165, 1.54) is 18.2 Å². The van der Waals surface area contributed by atoms with E-state index in [1.54, 1.807) is 4.90 Å². The summed E-state index contributed by atoms with van der Waals surface area (Å²) in [5.74, 6) is 0.831. The molecular formula is C20H19ClFN3O2. The fourth-order valence-corrected chi connectivity index (χ4v) is 3.64. The van der Waals surface area contributed by atoms with E-state index in [0.717, 1.165) is 29.7 Å². The number of rotatable bonds is 4. The highest BCUT2D eigenvalue weighted by Gasteiger charge is 2.27. The van der Waals surface area contributed by atoms with E-state index in [2.05, 4.69) is 9.97 Å². The van der Waals surface area contributed by atoms with E-state index >= 15 is 0 Å². The number of nitrogens with zero attached hydrogens (tertiary/aromatic N) is 2. The number of para-hydroxylation sites is 2. The van der Waals surface area contributed by atoms with Crippen LogP contribution >= 0.6 is 11.6 Å². The second-order valence-corrected chi connectivity index (χ2v) is 7.09. The summed E-state index contributed by atoms with van der Waals surface area (Å²) in [6.07, 6.45) is 1.89. The molecule has 5 nitrogen and oxygen atoms in total. The van der Waals surface area contributed by atoms with Crippen molar-refractivity contribution in [1.29, 1.82) is 0 Å². The molecule has 0 saturated carbocycles. The number of amides is 1. The van der Waals surface area contributed by atoms with Gasteiger partial charge in [0.1, 0.15) is 17.4 Å². The second-order valence-electron chi connectivity index (χ2n) is 6.68. The predicted octanol–water partition coefficient (Wildman–Crippen LogP) is 4.14. The fraction of sp³-hybridized carbons (Fsp3) is 0.300. The van der Waals surface area contributed by atoms with Crippen LogP contribution in [0.3, 0.4) is 0 Å². The molecule has 1 aromatic heterocycles. The number of aromatic nitrogens is 2. The molecule has 0 radical (unpaired) electrons. The summed E-state index contributed by atoms with van der Waals surface area (Å²) in [5, 5.41) is 0.154. The van der Waals surface area contributed by atoms with Gasteiger partial charge in [0.25, 0.3) is 5.91 Å². The van der Waals surface area contributed by atoms with Gasteiger partial charge in [-0.1, -0.05) is 23.7 Å². The molecule has 1 fully saturated rings. The molecule has 1 N–H and O–H groups in total. The van der Waals surface area contributed by atoms with Crippen molar-refractivity contribution >= 4 is 28.5 Å². The molecule has 27 heavy (non-hydrogen) atoms. The Morgan fingerprint density at radius 2 is 2.19 bits per heavy atom. The van der Waals surface area contributed by atoms with Gasteiger partial charge in [-0.25, -0.2) is 9.37 Å². The van der Waals surface area contributed by atoms with Gasteiger partial charge in [0.05, 0.1) is 16.1 Å². The highest BCUT2D eigenvalue weighted by Crippen LogP contribution is 2.28. The SMILES string of the molecule is O=C(COc1ccc(F)cc1Cl)N1CCC[C@@H](c2nc3ccccc3[nH]2)C1. The third-order valence-corrected chi connectivity index (χ3v) is 5.11. The molecule has 2 aromatic carbocycles. The Morgan fingerprint density at radius 1 is 1.33 bits per heavy atom. The van der Waals surface area contributed by atoms with E-state index < -0.39 is 5.82 Å². The van der Waals surface area contributed by atoms with Crippen molar-refractivity contribution in [1.82, 2.24) is 14.9 Å². The van der Waals surface area contributed by atoms with E-state index in [0.29, 0.717) is 18.8 Å². The Bertz CT molecular complexity index is 942. The number of hydrogen-bond donors (Lipinski definition) is 1. The van der Waals surface area contributed by atoms with E-state index in [1.807, 2.05) is 24.3 Å². The fourth-order valence-electron chi connectivity index (χ4n) is 3.42. The molecule has 140 valence electrons. The maximum absolute atomic E-state index is 13.1. The number of nitrogens with one attached hydrogen (secondary N) is 1. The normalized spacial score (nSPS) is 17.3. The number of fused-ring (bicyclic) bond motifs is 1. The van der Waals surface area contributed by atoms with E-state index in [-0.39, 0.29) is 23.5 Å². The number of likely N-dealkylation sites (tertiary alicyclic amines) is 1. The van der Waals surface area contributed by atoms with Crippen LogP contribution in [0.5, 0.6) is 5.75 Å². The van der Waals surface area contributed by atoms with Crippen LogP contribution in [0.2, 0.25) is 5.02 Å². The smallest absolute Gasteiger partial charge is 0.260 e. The lowest BCUT2D eigenvalue weighted by Crippen LogP contribution is -2.41.